The number of rotatable bonds is 3. The summed E-state index contributed by atoms with van der Waals surface area (Å²) in [5, 5.41) is 3.69. The van der Waals surface area contributed by atoms with Gasteiger partial charge >= 0.3 is 0 Å². The molecule has 3 heterocycles. The number of aromatic nitrogens is 1. The van der Waals surface area contributed by atoms with Gasteiger partial charge in [-0.1, -0.05) is 5.16 Å². The molecule has 0 atom stereocenters. The molecule has 10 heteroatoms. The van der Waals surface area contributed by atoms with Crippen molar-refractivity contribution < 1.29 is 22.5 Å². The smallest absolute Gasteiger partial charge is 0.276 e. The van der Waals surface area contributed by atoms with Crippen molar-refractivity contribution in [1.29, 1.82) is 0 Å². The van der Waals surface area contributed by atoms with Gasteiger partial charge in [0.1, 0.15) is 5.76 Å². The maximum atomic E-state index is 12.4. The lowest BCUT2D eigenvalue weighted by molar-refractivity contribution is -0.141. The van der Waals surface area contributed by atoms with E-state index in [4.69, 9.17) is 4.52 Å². The zero-order chi connectivity index (χ0) is 17.5. The Morgan fingerprint density at radius 3 is 2.29 bits per heavy atom. The third-order valence-corrected chi connectivity index (χ3v) is 5.69. The van der Waals surface area contributed by atoms with E-state index in [0.29, 0.717) is 45.0 Å². The first kappa shape index (κ1) is 16.9. The standard InChI is InChI=1S/C14H20N4O5S/c1-10-7-12(15-23-10)14(20)17-8-11(9-17)13(19)16-3-5-18(6-4-16)24(2,21)22/h7,11H,3-6,8-9H2,1-2H3. The van der Waals surface area contributed by atoms with Crippen LogP contribution in [0, 0.1) is 12.8 Å². The molecule has 0 aliphatic carbocycles. The second-order valence-corrected chi connectivity index (χ2v) is 8.20. The number of hydrogen-bond donors (Lipinski definition) is 0. The molecule has 0 aromatic carbocycles. The van der Waals surface area contributed by atoms with Crippen LogP contribution in [0.3, 0.4) is 0 Å². The Morgan fingerprint density at radius 2 is 1.79 bits per heavy atom. The maximum absolute atomic E-state index is 12.4. The van der Waals surface area contributed by atoms with Crippen molar-refractivity contribution >= 4 is 21.8 Å². The molecule has 2 saturated heterocycles. The molecule has 1 aromatic rings. The molecule has 0 unspecified atom stereocenters. The molecule has 0 N–H and O–H groups in total. The second-order valence-electron chi connectivity index (χ2n) is 6.22. The quantitative estimate of drug-likeness (QED) is 0.699. The minimum absolute atomic E-state index is 0.0245. The van der Waals surface area contributed by atoms with Crippen LogP contribution < -0.4 is 0 Å². The summed E-state index contributed by atoms with van der Waals surface area (Å²) in [6, 6.07) is 1.57. The van der Waals surface area contributed by atoms with Gasteiger partial charge in [-0.2, -0.15) is 4.31 Å². The summed E-state index contributed by atoms with van der Waals surface area (Å²) in [6.45, 7) is 3.84. The summed E-state index contributed by atoms with van der Waals surface area (Å²) in [6.07, 6.45) is 1.17. The highest BCUT2D eigenvalue weighted by Gasteiger charge is 2.40. The lowest BCUT2D eigenvalue weighted by Crippen LogP contribution is -2.59. The van der Waals surface area contributed by atoms with E-state index < -0.39 is 10.0 Å². The van der Waals surface area contributed by atoms with Gasteiger partial charge in [0.25, 0.3) is 5.91 Å². The van der Waals surface area contributed by atoms with Gasteiger partial charge in [-0.3, -0.25) is 9.59 Å². The number of amides is 2. The van der Waals surface area contributed by atoms with Gasteiger partial charge < -0.3 is 14.3 Å². The molecule has 0 bridgehead atoms. The molecular formula is C14H20N4O5S. The molecule has 2 aliphatic rings. The molecular weight excluding hydrogens is 336 g/mol. The average Bonchev–Trinajstić information content (AvgIpc) is 2.91. The van der Waals surface area contributed by atoms with Gasteiger partial charge in [0.05, 0.1) is 12.2 Å². The predicted octanol–water partition coefficient (Wildman–Crippen LogP) is -0.841. The molecule has 0 spiro atoms. The molecule has 9 nitrogen and oxygen atoms in total. The van der Waals surface area contributed by atoms with E-state index in [1.54, 1.807) is 22.8 Å². The maximum Gasteiger partial charge on any atom is 0.276 e. The molecule has 0 saturated carbocycles. The Morgan fingerprint density at radius 1 is 1.17 bits per heavy atom. The van der Waals surface area contributed by atoms with Crippen molar-refractivity contribution in [3.8, 4) is 0 Å². The molecule has 24 heavy (non-hydrogen) atoms. The van der Waals surface area contributed by atoms with Crippen LogP contribution in [0.2, 0.25) is 0 Å². The highest BCUT2D eigenvalue weighted by Crippen LogP contribution is 2.21. The molecule has 132 valence electrons. The van der Waals surface area contributed by atoms with Gasteiger partial charge in [-0.05, 0) is 6.92 Å². The molecule has 2 amide bonds. The SMILES string of the molecule is Cc1cc(C(=O)N2CC(C(=O)N3CCN(S(C)(=O)=O)CC3)C2)no1. The van der Waals surface area contributed by atoms with Crippen molar-refractivity contribution in [2.45, 2.75) is 6.92 Å². The van der Waals surface area contributed by atoms with Gasteiger partial charge in [-0.15, -0.1) is 0 Å². The van der Waals surface area contributed by atoms with Crippen LogP contribution in [0.4, 0.5) is 0 Å². The highest BCUT2D eigenvalue weighted by molar-refractivity contribution is 7.88. The lowest BCUT2D eigenvalue weighted by atomic mass is 9.97. The van der Waals surface area contributed by atoms with Gasteiger partial charge in [0.2, 0.25) is 15.9 Å². The summed E-state index contributed by atoms with van der Waals surface area (Å²) in [5.74, 6) is 0.0725. The van der Waals surface area contributed by atoms with E-state index in [1.807, 2.05) is 0 Å². The Balaban J connectivity index is 1.50. The summed E-state index contributed by atoms with van der Waals surface area (Å²) in [5.41, 5.74) is 0.250. The number of aryl methyl sites for hydroxylation is 1. The van der Waals surface area contributed by atoms with Crippen LogP contribution >= 0.6 is 0 Å². The molecule has 1 aromatic heterocycles. The largest absolute Gasteiger partial charge is 0.361 e. The van der Waals surface area contributed by atoms with Crippen LogP contribution in [0.1, 0.15) is 16.2 Å². The van der Waals surface area contributed by atoms with Crippen molar-refractivity contribution in [2.75, 3.05) is 45.5 Å². The minimum atomic E-state index is -3.21. The van der Waals surface area contributed by atoms with Crippen LogP contribution in [-0.4, -0.2) is 85.0 Å². The number of carbonyl (C=O) groups is 2. The van der Waals surface area contributed by atoms with Crippen molar-refractivity contribution in [3.05, 3.63) is 17.5 Å². The van der Waals surface area contributed by atoms with Crippen LogP contribution in [0.15, 0.2) is 10.6 Å². The van der Waals surface area contributed by atoms with E-state index in [2.05, 4.69) is 5.16 Å². The number of piperazine rings is 1. The number of likely N-dealkylation sites (tertiary alicyclic amines) is 1. The zero-order valence-corrected chi connectivity index (χ0v) is 14.5. The summed E-state index contributed by atoms with van der Waals surface area (Å²) in [4.78, 5) is 27.8. The van der Waals surface area contributed by atoms with E-state index in [-0.39, 0.29) is 23.4 Å². The Hall–Kier alpha value is -1.94. The van der Waals surface area contributed by atoms with E-state index in [1.165, 1.54) is 10.6 Å². The Bertz CT molecular complexity index is 745. The van der Waals surface area contributed by atoms with Crippen molar-refractivity contribution in [1.82, 2.24) is 19.3 Å². The lowest BCUT2D eigenvalue weighted by Gasteiger charge is -2.42. The number of nitrogens with zero attached hydrogens (tertiary/aromatic N) is 4. The first-order valence-electron chi connectivity index (χ1n) is 7.72. The number of sulfonamides is 1. The Labute approximate surface area is 140 Å². The van der Waals surface area contributed by atoms with E-state index in [0.717, 1.165) is 0 Å². The summed E-state index contributed by atoms with van der Waals surface area (Å²) >= 11 is 0. The molecule has 2 fully saturated rings. The number of hydrogen-bond acceptors (Lipinski definition) is 6. The fourth-order valence-corrected chi connectivity index (χ4v) is 3.75. The monoisotopic (exact) mass is 356 g/mol. The third-order valence-electron chi connectivity index (χ3n) is 4.38. The molecule has 0 radical (unpaired) electrons. The fourth-order valence-electron chi connectivity index (χ4n) is 2.93. The van der Waals surface area contributed by atoms with Crippen molar-refractivity contribution in [3.63, 3.8) is 0 Å². The first-order chi connectivity index (χ1) is 11.3. The van der Waals surface area contributed by atoms with E-state index >= 15 is 0 Å². The van der Waals surface area contributed by atoms with Gasteiger partial charge in [0.15, 0.2) is 5.69 Å². The number of carbonyl (C=O) groups excluding carboxylic acids is 2. The van der Waals surface area contributed by atoms with Gasteiger partial charge in [0, 0.05) is 45.3 Å². The van der Waals surface area contributed by atoms with Crippen molar-refractivity contribution in [2.24, 2.45) is 5.92 Å². The average molecular weight is 356 g/mol. The predicted molar refractivity (Wildman–Crippen MR) is 83.6 cm³/mol. The van der Waals surface area contributed by atoms with Crippen LogP contribution in [0.25, 0.3) is 0 Å². The van der Waals surface area contributed by atoms with Crippen LogP contribution in [0.5, 0.6) is 0 Å². The third kappa shape index (κ3) is 3.29. The second kappa shape index (κ2) is 6.17. The zero-order valence-electron chi connectivity index (χ0n) is 13.6. The Kier molecular flexibility index (Phi) is 4.35. The highest BCUT2D eigenvalue weighted by atomic mass is 32.2. The van der Waals surface area contributed by atoms with Gasteiger partial charge in [-0.25, -0.2) is 8.42 Å². The topological polar surface area (TPSA) is 104 Å². The summed E-state index contributed by atoms with van der Waals surface area (Å²) < 4.78 is 29.2. The van der Waals surface area contributed by atoms with Crippen LogP contribution in [-0.2, 0) is 14.8 Å². The molecule has 3 rings (SSSR count). The normalized spacial score (nSPS) is 20.1. The van der Waals surface area contributed by atoms with E-state index in [9.17, 15) is 18.0 Å². The summed E-state index contributed by atoms with van der Waals surface area (Å²) in [7, 11) is -3.21. The first-order valence-corrected chi connectivity index (χ1v) is 9.57. The fraction of sp³-hybridized carbons (Fsp3) is 0.643. The molecule has 2 aliphatic heterocycles. The minimum Gasteiger partial charge on any atom is -0.361 e.